The van der Waals surface area contributed by atoms with Gasteiger partial charge >= 0.3 is 0 Å². The maximum atomic E-state index is 7.26. The van der Waals surface area contributed by atoms with Crippen molar-refractivity contribution in [3.05, 3.63) is 176 Å². The Morgan fingerprint density at radius 2 is 0.905 bits per heavy atom. The molecule has 0 radical (unpaired) electrons. The van der Waals surface area contributed by atoms with Crippen LogP contribution in [0.1, 0.15) is 72.8 Å². The van der Waals surface area contributed by atoms with Crippen molar-refractivity contribution >= 4 is 43.9 Å². The highest BCUT2D eigenvalue weighted by atomic mass is 16.5. The molecule has 0 atom stereocenters. The maximum Gasteiger partial charge on any atom is 0.135 e. The standard InChI is InChI=1S/C58H54N4O/c1-7-57(5,8-2)43-36-48(40-20-12-11-13-21-40)56(63-58(6,9-3)10-4)49(37-43)41-30-28-39(29-31-41)42-34-44(61-50-24-16-14-22-46(50)54-52(61)26-18-32-59-54)38-45(35-42)62-51-25-17-15-23-47(51)55-53(62)27-19-33-60-55/h11-38H,7-10H2,1-6H3. The number of ether oxygens (including phenoxy) is 1. The van der Waals surface area contributed by atoms with Gasteiger partial charge in [0.1, 0.15) is 11.4 Å². The summed E-state index contributed by atoms with van der Waals surface area (Å²) in [4.78, 5) is 9.76. The lowest BCUT2D eigenvalue weighted by molar-refractivity contribution is 0.0816. The number of aromatic nitrogens is 4. The lowest BCUT2D eigenvalue weighted by Gasteiger charge is -2.34. The van der Waals surface area contributed by atoms with E-state index in [0.29, 0.717) is 0 Å². The maximum absolute atomic E-state index is 7.26. The molecule has 0 bridgehead atoms. The zero-order valence-corrected chi connectivity index (χ0v) is 37.2. The molecular formula is C58H54N4O. The van der Waals surface area contributed by atoms with E-state index < -0.39 is 0 Å². The molecule has 0 fully saturated rings. The van der Waals surface area contributed by atoms with Gasteiger partial charge in [-0.15, -0.1) is 0 Å². The summed E-state index contributed by atoms with van der Waals surface area (Å²) in [5.74, 6) is 0.947. The summed E-state index contributed by atoms with van der Waals surface area (Å²) in [6, 6.07) is 57.3. The summed E-state index contributed by atoms with van der Waals surface area (Å²) in [7, 11) is 0. The number of hydrogen-bond donors (Lipinski definition) is 0. The third-order valence-electron chi connectivity index (χ3n) is 14.1. The van der Waals surface area contributed by atoms with Gasteiger partial charge in [-0.3, -0.25) is 9.97 Å². The first kappa shape index (κ1) is 40.1. The van der Waals surface area contributed by atoms with E-state index in [9.17, 15) is 0 Å². The summed E-state index contributed by atoms with van der Waals surface area (Å²) in [5.41, 5.74) is 16.3. The zero-order chi connectivity index (χ0) is 43.3. The van der Waals surface area contributed by atoms with Crippen LogP contribution < -0.4 is 4.74 Å². The molecule has 0 aliphatic carbocycles. The van der Waals surface area contributed by atoms with E-state index in [4.69, 9.17) is 14.7 Å². The number of fused-ring (bicyclic) bond motifs is 6. The van der Waals surface area contributed by atoms with Gasteiger partial charge in [0, 0.05) is 45.7 Å². The van der Waals surface area contributed by atoms with E-state index in [1.807, 2.05) is 24.5 Å². The minimum absolute atomic E-state index is 0.0110. The molecule has 5 heteroatoms. The molecule has 10 rings (SSSR count). The highest BCUT2D eigenvalue weighted by molar-refractivity contribution is 6.08. The highest BCUT2D eigenvalue weighted by Gasteiger charge is 2.30. The number of para-hydroxylation sites is 2. The third kappa shape index (κ3) is 6.87. The second-order valence-corrected chi connectivity index (χ2v) is 17.6. The molecule has 0 aliphatic heterocycles. The van der Waals surface area contributed by atoms with E-state index >= 15 is 0 Å². The summed E-state index contributed by atoms with van der Waals surface area (Å²) in [5, 5.41) is 2.26. The molecule has 0 spiro atoms. The first-order valence-corrected chi connectivity index (χ1v) is 22.6. The molecule has 6 aromatic carbocycles. The van der Waals surface area contributed by atoms with Crippen LogP contribution in [-0.4, -0.2) is 24.7 Å². The fourth-order valence-corrected chi connectivity index (χ4v) is 9.42. The molecular weight excluding hydrogens is 769 g/mol. The van der Waals surface area contributed by atoms with Gasteiger partial charge in [-0.1, -0.05) is 126 Å². The summed E-state index contributed by atoms with van der Waals surface area (Å²) < 4.78 is 12.0. The summed E-state index contributed by atoms with van der Waals surface area (Å²) in [6.07, 6.45) is 7.67. The number of nitrogens with zero attached hydrogens (tertiary/aromatic N) is 4. The van der Waals surface area contributed by atoms with E-state index in [2.05, 4.69) is 196 Å². The van der Waals surface area contributed by atoms with Crippen molar-refractivity contribution in [2.75, 3.05) is 0 Å². The van der Waals surface area contributed by atoms with Gasteiger partial charge in [-0.2, -0.15) is 0 Å². The summed E-state index contributed by atoms with van der Waals surface area (Å²) >= 11 is 0. The van der Waals surface area contributed by atoms with Gasteiger partial charge in [0.2, 0.25) is 0 Å². The zero-order valence-electron chi connectivity index (χ0n) is 37.2. The Labute approximate surface area is 370 Å². The van der Waals surface area contributed by atoms with Crippen LogP contribution in [0.4, 0.5) is 0 Å². The summed E-state index contributed by atoms with van der Waals surface area (Å²) in [6.45, 7) is 13.7. The largest absolute Gasteiger partial charge is 0.486 e. The Morgan fingerprint density at radius 3 is 1.41 bits per heavy atom. The minimum Gasteiger partial charge on any atom is -0.486 e. The van der Waals surface area contributed by atoms with Crippen molar-refractivity contribution in [1.29, 1.82) is 0 Å². The quantitative estimate of drug-likeness (QED) is 0.123. The lowest BCUT2D eigenvalue weighted by Crippen LogP contribution is -2.31. The van der Waals surface area contributed by atoms with Crippen LogP contribution in [0.15, 0.2) is 170 Å². The van der Waals surface area contributed by atoms with Crippen LogP contribution in [0.3, 0.4) is 0 Å². The van der Waals surface area contributed by atoms with Crippen molar-refractivity contribution in [2.24, 2.45) is 0 Å². The van der Waals surface area contributed by atoms with Crippen LogP contribution in [0, 0.1) is 0 Å². The number of hydrogen-bond acceptors (Lipinski definition) is 3. The Morgan fingerprint density at radius 1 is 0.444 bits per heavy atom. The molecule has 312 valence electrons. The van der Waals surface area contributed by atoms with Crippen LogP contribution in [0.2, 0.25) is 0 Å². The van der Waals surface area contributed by atoms with Gasteiger partial charge in [0.15, 0.2) is 0 Å². The molecule has 10 aromatic rings. The first-order valence-electron chi connectivity index (χ1n) is 22.6. The number of benzene rings is 6. The monoisotopic (exact) mass is 822 g/mol. The second-order valence-electron chi connectivity index (χ2n) is 17.6. The SMILES string of the molecule is CCC(C)(CC)Oc1c(-c2ccccc2)cc(C(C)(CC)CC)cc1-c1ccc(-c2cc(-n3c4ccccc4c4ncccc43)cc(-n3c4ccccc4c4ncccc43)c2)cc1. The van der Waals surface area contributed by atoms with Crippen LogP contribution in [0.25, 0.3) is 88.6 Å². The minimum atomic E-state index is -0.319. The molecule has 0 amide bonds. The molecule has 0 saturated carbocycles. The third-order valence-corrected chi connectivity index (χ3v) is 14.1. The van der Waals surface area contributed by atoms with E-state index in [-0.39, 0.29) is 11.0 Å². The molecule has 4 heterocycles. The average Bonchev–Trinajstić information content (AvgIpc) is 3.87. The van der Waals surface area contributed by atoms with Gasteiger partial charge in [-0.25, -0.2) is 0 Å². The Bertz CT molecular complexity index is 3040. The fourth-order valence-electron chi connectivity index (χ4n) is 9.42. The molecule has 63 heavy (non-hydrogen) atoms. The van der Waals surface area contributed by atoms with Crippen molar-refractivity contribution < 1.29 is 4.74 Å². The van der Waals surface area contributed by atoms with E-state index in [1.165, 1.54) is 11.1 Å². The smallest absolute Gasteiger partial charge is 0.135 e. The number of pyridine rings is 2. The average molecular weight is 823 g/mol. The van der Waals surface area contributed by atoms with E-state index in [1.54, 1.807) is 0 Å². The lowest BCUT2D eigenvalue weighted by atomic mass is 9.75. The van der Waals surface area contributed by atoms with Crippen LogP contribution >= 0.6 is 0 Å². The molecule has 0 saturated heterocycles. The van der Waals surface area contributed by atoms with Gasteiger partial charge in [0.25, 0.3) is 0 Å². The van der Waals surface area contributed by atoms with Gasteiger partial charge < -0.3 is 13.9 Å². The van der Waals surface area contributed by atoms with Crippen molar-refractivity contribution in [3.63, 3.8) is 0 Å². The van der Waals surface area contributed by atoms with Gasteiger partial charge in [-0.05, 0) is 133 Å². The van der Waals surface area contributed by atoms with Crippen LogP contribution in [0.5, 0.6) is 5.75 Å². The topological polar surface area (TPSA) is 44.9 Å². The molecule has 0 aliphatic rings. The Hall–Kier alpha value is -6.98. The van der Waals surface area contributed by atoms with Gasteiger partial charge in [0.05, 0.1) is 33.1 Å². The molecule has 0 unspecified atom stereocenters. The van der Waals surface area contributed by atoms with Crippen molar-refractivity contribution in [1.82, 2.24) is 19.1 Å². The molecule has 0 N–H and O–H groups in total. The Kier molecular flexibility index (Phi) is 10.2. The van der Waals surface area contributed by atoms with Crippen molar-refractivity contribution in [3.8, 4) is 50.5 Å². The molecule has 4 aromatic heterocycles. The number of rotatable bonds is 12. The molecule has 5 nitrogen and oxygen atoms in total. The van der Waals surface area contributed by atoms with E-state index in [0.717, 1.165) is 114 Å². The predicted molar refractivity (Wildman–Crippen MR) is 265 cm³/mol. The second kappa shape index (κ2) is 16.0. The first-order chi connectivity index (χ1) is 30.8. The predicted octanol–water partition coefficient (Wildman–Crippen LogP) is 15.7. The normalized spacial score (nSPS) is 12.2. The fraction of sp³-hybridized carbons (Fsp3) is 0.207. The Balaban J connectivity index is 1.20. The van der Waals surface area contributed by atoms with Crippen molar-refractivity contribution in [2.45, 2.75) is 78.2 Å². The van der Waals surface area contributed by atoms with Crippen LogP contribution in [-0.2, 0) is 5.41 Å². The highest BCUT2D eigenvalue weighted by Crippen LogP contribution is 2.47.